The smallest absolute Gasteiger partial charge is 0.257 e. The Hall–Kier alpha value is -1.36. The Morgan fingerprint density at radius 1 is 1.35 bits per heavy atom. The maximum absolute atomic E-state index is 12.0. The molecule has 5 nitrogen and oxygen atoms in total. The van der Waals surface area contributed by atoms with Gasteiger partial charge in [0.1, 0.15) is 0 Å². The Kier molecular flexibility index (Phi) is 2.84. The van der Waals surface area contributed by atoms with Gasteiger partial charge in [-0.2, -0.15) is 5.10 Å². The summed E-state index contributed by atoms with van der Waals surface area (Å²) in [6.07, 6.45) is 6.06. The number of nitrogens with one attached hydrogen (secondary N) is 1. The molecule has 1 aliphatic carbocycles. The van der Waals surface area contributed by atoms with E-state index in [0.717, 1.165) is 32.1 Å². The summed E-state index contributed by atoms with van der Waals surface area (Å²) in [6.45, 7) is 4.95. The summed E-state index contributed by atoms with van der Waals surface area (Å²) < 4.78 is 0. The van der Waals surface area contributed by atoms with E-state index in [1.807, 2.05) is 4.90 Å². The van der Waals surface area contributed by atoms with E-state index in [1.54, 1.807) is 12.4 Å². The van der Waals surface area contributed by atoms with Crippen molar-refractivity contribution in [1.82, 2.24) is 20.0 Å². The van der Waals surface area contributed by atoms with E-state index in [1.165, 1.54) is 19.4 Å². The third-order valence-electron chi connectivity index (χ3n) is 3.62. The molecule has 17 heavy (non-hydrogen) atoms. The molecular formula is C12H18N4O. The van der Waals surface area contributed by atoms with Crippen LogP contribution >= 0.6 is 0 Å². The third kappa shape index (κ3) is 2.49. The Bertz CT molecular complexity index is 377. The average molecular weight is 234 g/mol. The molecule has 5 heteroatoms. The van der Waals surface area contributed by atoms with E-state index in [0.29, 0.717) is 5.56 Å². The Morgan fingerprint density at radius 2 is 2.12 bits per heavy atom. The van der Waals surface area contributed by atoms with E-state index >= 15 is 0 Å². The van der Waals surface area contributed by atoms with E-state index in [4.69, 9.17) is 0 Å². The van der Waals surface area contributed by atoms with Gasteiger partial charge >= 0.3 is 0 Å². The van der Waals surface area contributed by atoms with Gasteiger partial charge in [0.2, 0.25) is 0 Å². The topological polar surface area (TPSA) is 52.2 Å². The number of aromatic amines is 1. The molecule has 0 spiro atoms. The zero-order valence-electron chi connectivity index (χ0n) is 9.93. The molecule has 1 saturated carbocycles. The van der Waals surface area contributed by atoms with Crippen LogP contribution in [0.15, 0.2) is 12.4 Å². The molecule has 1 amide bonds. The molecule has 1 aromatic heterocycles. The SMILES string of the molecule is O=C(c1cn[nH]c1)N1CCN(CC2CC2)CC1. The molecule has 3 rings (SSSR count). The monoisotopic (exact) mass is 234 g/mol. The fourth-order valence-corrected chi connectivity index (χ4v) is 2.35. The van der Waals surface area contributed by atoms with E-state index in [9.17, 15) is 4.79 Å². The number of aromatic nitrogens is 2. The molecule has 92 valence electrons. The van der Waals surface area contributed by atoms with Gasteiger partial charge in [-0.3, -0.25) is 14.8 Å². The predicted octanol–water partition coefficient (Wildman–Crippen LogP) is 0.577. The van der Waals surface area contributed by atoms with Crippen LogP contribution in [0.5, 0.6) is 0 Å². The summed E-state index contributed by atoms with van der Waals surface area (Å²) in [6, 6.07) is 0. The standard InChI is InChI=1S/C12H18N4O/c17-12(11-7-13-14-8-11)16-5-3-15(4-6-16)9-10-1-2-10/h7-8,10H,1-6,9H2,(H,13,14). The minimum absolute atomic E-state index is 0.102. The number of H-pyrrole nitrogens is 1. The van der Waals surface area contributed by atoms with Crippen molar-refractivity contribution in [2.75, 3.05) is 32.7 Å². The van der Waals surface area contributed by atoms with Gasteiger partial charge in [-0.15, -0.1) is 0 Å². The highest BCUT2D eigenvalue weighted by molar-refractivity contribution is 5.93. The number of piperazine rings is 1. The predicted molar refractivity (Wildman–Crippen MR) is 63.7 cm³/mol. The normalized spacial score (nSPS) is 21.8. The first kappa shape index (κ1) is 10.8. The maximum atomic E-state index is 12.0. The van der Waals surface area contributed by atoms with Crippen LogP contribution in [-0.4, -0.2) is 58.6 Å². The van der Waals surface area contributed by atoms with Gasteiger partial charge < -0.3 is 4.90 Å². The molecule has 0 aromatic carbocycles. The third-order valence-corrected chi connectivity index (χ3v) is 3.62. The van der Waals surface area contributed by atoms with Crippen LogP contribution in [0.2, 0.25) is 0 Å². The second-order valence-corrected chi connectivity index (χ2v) is 5.02. The first-order chi connectivity index (χ1) is 8.33. The van der Waals surface area contributed by atoms with Gasteiger partial charge in [-0.25, -0.2) is 0 Å². The molecular weight excluding hydrogens is 216 g/mol. The van der Waals surface area contributed by atoms with Crippen LogP contribution in [0.1, 0.15) is 23.2 Å². The molecule has 0 atom stereocenters. The van der Waals surface area contributed by atoms with Crippen molar-refractivity contribution in [3.8, 4) is 0 Å². The maximum Gasteiger partial charge on any atom is 0.257 e. The average Bonchev–Trinajstić information content (AvgIpc) is 3.00. The fraction of sp³-hybridized carbons (Fsp3) is 0.667. The highest BCUT2D eigenvalue weighted by Crippen LogP contribution is 2.29. The highest BCUT2D eigenvalue weighted by atomic mass is 16.2. The molecule has 1 saturated heterocycles. The lowest BCUT2D eigenvalue weighted by Crippen LogP contribution is -2.49. The van der Waals surface area contributed by atoms with Crippen LogP contribution in [-0.2, 0) is 0 Å². The Balaban J connectivity index is 1.52. The van der Waals surface area contributed by atoms with E-state index in [-0.39, 0.29) is 5.91 Å². The molecule has 2 aliphatic rings. The summed E-state index contributed by atoms with van der Waals surface area (Å²) >= 11 is 0. The molecule has 0 unspecified atom stereocenters. The van der Waals surface area contributed by atoms with Crippen molar-refractivity contribution >= 4 is 5.91 Å². The Morgan fingerprint density at radius 3 is 2.71 bits per heavy atom. The largest absolute Gasteiger partial charge is 0.336 e. The quantitative estimate of drug-likeness (QED) is 0.832. The molecule has 0 radical (unpaired) electrons. The Labute approximate surface area is 101 Å². The molecule has 1 N–H and O–H groups in total. The molecule has 2 fully saturated rings. The fourth-order valence-electron chi connectivity index (χ4n) is 2.35. The van der Waals surface area contributed by atoms with Crippen LogP contribution in [0, 0.1) is 5.92 Å². The lowest BCUT2D eigenvalue weighted by molar-refractivity contribution is 0.0632. The van der Waals surface area contributed by atoms with Gasteiger partial charge in [0.15, 0.2) is 0 Å². The van der Waals surface area contributed by atoms with Crippen LogP contribution < -0.4 is 0 Å². The van der Waals surface area contributed by atoms with Crippen molar-refractivity contribution in [3.05, 3.63) is 18.0 Å². The number of rotatable bonds is 3. The van der Waals surface area contributed by atoms with Crippen LogP contribution in [0.4, 0.5) is 0 Å². The number of hydrogen-bond donors (Lipinski definition) is 1. The van der Waals surface area contributed by atoms with Crippen LogP contribution in [0.3, 0.4) is 0 Å². The molecule has 1 aliphatic heterocycles. The summed E-state index contributed by atoms with van der Waals surface area (Å²) in [5, 5.41) is 6.50. The minimum atomic E-state index is 0.102. The van der Waals surface area contributed by atoms with E-state index in [2.05, 4.69) is 15.1 Å². The second kappa shape index (κ2) is 4.49. The first-order valence-electron chi connectivity index (χ1n) is 6.33. The number of carbonyl (C=O) groups is 1. The van der Waals surface area contributed by atoms with Gasteiger partial charge in [0.05, 0.1) is 11.8 Å². The summed E-state index contributed by atoms with van der Waals surface area (Å²) in [5.74, 6) is 1.04. The van der Waals surface area contributed by atoms with Crippen molar-refractivity contribution < 1.29 is 4.79 Å². The minimum Gasteiger partial charge on any atom is -0.336 e. The first-order valence-corrected chi connectivity index (χ1v) is 6.33. The highest BCUT2D eigenvalue weighted by Gasteiger charge is 2.27. The summed E-state index contributed by atoms with van der Waals surface area (Å²) in [7, 11) is 0. The summed E-state index contributed by atoms with van der Waals surface area (Å²) in [5.41, 5.74) is 0.667. The zero-order chi connectivity index (χ0) is 11.7. The number of hydrogen-bond acceptors (Lipinski definition) is 3. The summed E-state index contributed by atoms with van der Waals surface area (Å²) in [4.78, 5) is 16.5. The van der Waals surface area contributed by atoms with Gasteiger partial charge in [0.25, 0.3) is 5.91 Å². The molecule has 0 bridgehead atoms. The lowest BCUT2D eigenvalue weighted by atomic mass is 10.2. The van der Waals surface area contributed by atoms with Crippen LogP contribution in [0.25, 0.3) is 0 Å². The van der Waals surface area contributed by atoms with Crippen molar-refractivity contribution in [2.45, 2.75) is 12.8 Å². The van der Waals surface area contributed by atoms with Crippen molar-refractivity contribution in [2.24, 2.45) is 5.92 Å². The number of amides is 1. The van der Waals surface area contributed by atoms with Gasteiger partial charge in [-0.1, -0.05) is 0 Å². The molecule has 2 heterocycles. The van der Waals surface area contributed by atoms with Crippen molar-refractivity contribution in [1.29, 1.82) is 0 Å². The lowest BCUT2D eigenvalue weighted by Gasteiger charge is -2.34. The zero-order valence-corrected chi connectivity index (χ0v) is 9.93. The van der Waals surface area contributed by atoms with Gasteiger partial charge in [-0.05, 0) is 18.8 Å². The second-order valence-electron chi connectivity index (χ2n) is 5.02. The van der Waals surface area contributed by atoms with Gasteiger partial charge in [0, 0.05) is 38.9 Å². The number of carbonyl (C=O) groups excluding carboxylic acids is 1. The van der Waals surface area contributed by atoms with E-state index < -0.39 is 0 Å². The molecule has 1 aromatic rings. The number of nitrogens with zero attached hydrogens (tertiary/aromatic N) is 3. The van der Waals surface area contributed by atoms with Crippen molar-refractivity contribution in [3.63, 3.8) is 0 Å².